The number of aliphatic hydroxyl groups is 1. The van der Waals surface area contributed by atoms with Crippen LogP contribution < -0.4 is 0 Å². The van der Waals surface area contributed by atoms with Gasteiger partial charge in [-0.05, 0) is 80.4 Å². The molecule has 1 N–H and O–H groups in total. The highest BCUT2D eigenvalue weighted by Gasteiger charge is 2.63. The van der Waals surface area contributed by atoms with Gasteiger partial charge in [0.05, 0.1) is 0 Å². The van der Waals surface area contributed by atoms with Gasteiger partial charge in [-0.2, -0.15) is 0 Å². The molecule has 1 unspecified atom stereocenters. The standard InChI is InChI=1S/C20H30O2S/c1-18-9-6-14(21)12-13(18)4-5-15-16(18)7-10-19(2)17(15)8-11-20(19,22)23-3/h12,15-17,22H,4-11H2,1-3H3/t15-,16-,17+,18+,19+,20?/m1/s1. The Kier molecular flexibility index (Phi) is 3.60. The third-order valence-corrected chi connectivity index (χ3v) is 9.72. The van der Waals surface area contributed by atoms with Crippen molar-refractivity contribution >= 4 is 17.5 Å². The lowest BCUT2D eigenvalue weighted by Crippen LogP contribution is -2.53. The van der Waals surface area contributed by atoms with Crippen LogP contribution in [0.1, 0.15) is 65.2 Å². The third-order valence-electron chi connectivity index (χ3n) is 8.38. The van der Waals surface area contributed by atoms with Crippen molar-refractivity contribution in [3.8, 4) is 0 Å². The maximum absolute atomic E-state index is 11.9. The Balaban J connectivity index is 1.69. The second-order valence-electron chi connectivity index (χ2n) is 8.95. The number of ketones is 1. The van der Waals surface area contributed by atoms with Crippen LogP contribution in [0.25, 0.3) is 0 Å². The summed E-state index contributed by atoms with van der Waals surface area (Å²) in [6.45, 7) is 4.79. The number of fused-ring (bicyclic) bond motifs is 5. The SMILES string of the molecule is CSC1(O)CC[C@H]2[C@@H]3CCC4=CC(=O)CC[C@]4(C)[C@@H]3CC[C@@]21C. The quantitative estimate of drug-likeness (QED) is 0.714. The van der Waals surface area contributed by atoms with Gasteiger partial charge in [0.2, 0.25) is 0 Å². The lowest BCUT2D eigenvalue weighted by molar-refractivity contribution is -0.118. The largest absolute Gasteiger partial charge is 0.379 e. The highest BCUT2D eigenvalue weighted by atomic mass is 32.2. The zero-order valence-corrected chi connectivity index (χ0v) is 15.5. The van der Waals surface area contributed by atoms with Gasteiger partial charge in [-0.1, -0.05) is 19.4 Å². The van der Waals surface area contributed by atoms with Crippen LogP contribution >= 0.6 is 11.8 Å². The summed E-state index contributed by atoms with van der Waals surface area (Å²) < 4.78 is 0. The molecule has 0 heterocycles. The van der Waals surface area contributed by atoms with E-state index in [-0.39, 0.29) is 10.8 Å². The molecular weight excluding hydrogens is 304 g/mol. The molecule has 0 amide bonds. The molecule has 4 rings (SSSR count). The monoisotopic (exact) mass is 334 g/mol. The van der Waals surface area contributed by atoms with Crippen molar-refractivity contribution in [3.05, 3.63) is 11.6 Å². The Hall–Kier alpha value is -0.280. The van der Waals surface area contributed by atoms with Crippen molar-refractivity contribution in [2.24, 2.45) is 28.6 Å². The first kappa shape index (κ1) is 16.2. The first-order chi connectivity index (χ1) is 10.8. The van der Waals surface area contributed by atoms with Gasteiger partial charge in [0, 0.05) is 11.8 Å². The van der Waals surface area contributed by atoms with Gasteiger partial charge in [-0.25, -0.2) is 0 Å². The molecule has 3 fully saturated rings. The van der Waals surface area contributed by atoms with Gasteiger partial charge in [-0.15, -0.1) is 11.8 Å². The van der Waals surface area contributed by atoms with Gasteiger partial charge in [-0.3, -0.25) is 4.79 Å². The van der Waals surface area contributed by atoms with Crippen molar-refractivity contribution in [2.75, 3.05) is 6.26 Å². The van der Waals surface area contributed by atoms with Crippen molar-refractivity contribution < 1.29 is 9.90 Å². The number of carbonyl (C=O) groups is 1. The third kappa shape index (κ3) is 2.02. The maximum Gasteiger partial charge on any atom is 0.155 e. The zero-order chi connectivity index (χ0) is 16.5. The summed E-state index contributed by atoms with van der Waals surface area (Å²) in [6, 6.07) is 0. The Bertz CT molecular complexity index is 570. The summed E-state index contributed by atoms with van der Waals surface area (Å²) >= 11 is 1.68. The molecule has 0 radical (unpaired) electrons. The minimum atomic E-state index is -0.526. The summed E-state index contributed by atoms with van der Waals surface area (Å²) in [7, 11) is 0. The van der Waals surface area contributed by atoms with Gasteiger partial charge < -0.3 is 5.11 Å². The van der Waals surface area contributed by atoms with Crippen molar-refractivity contribution in [1.29, 1.82) is 0 Å². The van der Waals surface area contributed by atoms with Crippen LogP contribution in [0, 0.1) is 28.6 Å². The number of carbonyl (C=O) groups excluding carboxylic acids is 1. The normalized spacial score (nSPS) is 52.4. The average Bonchev–Trinajstić information content (AvgIpc) is 2.80. The number of thioether (sulfide) groups is 1. The number of rotatable bonds is 1. The molecule has 0 aromatic rings. The Morgan fingerprint density at radius 3 is 2.57 bits per heavy atom. The molecule has 0 aliphatic heterocycles. The Morgan fingerprint density at radius 2 is 1.83 bits per heavy atom. The van der Waals surface area contributed by atoms with Crippen LogP contribution in [0.4, 0.5) is 0 Å². The van der Waals surface area contributed by atoms with Gasteiger partial charge in [0.15, 0.2) is 5.78 Å². The second-order valence-corrected chi connectivity index (χ2v) is 10.0. The smallest absolute Gasteiger partial charge is 0.155 e. The fourth-order valence-corrected chi connectivity index (χ4v) is 7.91. The molecule has 0 spiro atoms. The van der Waals surface area contributed by atoms with Crippen LogP contribution in [-0.2, 0) is 4.79 Å². The molecule has 2 nitrogen and oxygen atoms in total. The molecule has 4 aliphatic carbocycles. The summed E-state index contributed by atoms with van der Waals surface area (Å²) in [4.78, 5) is 11.3. The van der Waals surface area contributed by atoms with Crippen molar-refractivity contribution in [1.82, 2.24) is 0 Å². The van der Waals surface area contributed by atoms with Crippen LogP contribution in [0.3, 0.4) is 0 Å². The van der Waals surface area contributed by atoms with Gasteiger partial charge in [0.25, 0.3) is 0 Å². The van der Waals surface area contributed by atoms with E-state index in [1.165, 1.54) is 24.8 Å². The minimum Gasteiger partial charge on any atom is -0.379 e. The van der Waals surface area contributed by atoms with Crippen LogP contribution in [-0.4, -0.2) is 22.1 Å². The first-order valence-corrected chi connectivity index (χ1v) is 10.6. The average molecular weight is 335 g/mol. The highest BCUT2D eigenvalue weighted by Crippen LogP contribution is 2.69. The topological polar surface area (TPSA) is 37.3 Å². The van der Waals surface area contributed by atoms with E-state index in [0.717, 1.165) is 43.9 Å². The molecule has 0 aromatic carbocycles. The Morgan fingerprint density at radius 1 is 1.09 bits per heavy atom. The van der Waals surface area contributed by atoms with Crippen LogP contribution in [0.5, 0.6) is 0 Å². The van der Waals surface area contributed by atoms with E-state index in [9.17, 15) is 9.90 Å². The molecule has 128 valence electrons. The number of hydrogen-bond donors (Lipinski definition) is 1. The predicted octanol–water partition coefficient (Wildman–Crippen LogP) is 4.57. The molecule has 6 atom stereocenters. The van der Waals surface area contributed by atoms with E-state index in [2.05, 4.69) is 20.1 Å². The summed E-state index contributed by atoms with van der Waals surface area (Å²) in [6.07, 6.45) is 12.7. The summed E-state index contributed by atoms with van der Waals surface area (Å²) in [5.74, 6) is 2.46. The fourth-order valence-electron chi connectivity index (χ4n) is 6.87. The Labute approximate surface area is 144 Å². The summed E-state index contributed by atoms with van der Waals surface area (Å²) in [5.41, 5.74) is 1.77. The molecule has 0 saturated heterocycles. The van der Waals surface area contributed by atoms with E-state index >= 15 is 0 Å². The van der Waals surface area contributed by atoms with Crippen LogP contribution in [0.15, 0.2) is 11.6 Å². The molecule has 4 aliphatic rings. The molecule has 0 aromatic heterocycles. The molecular formula is C20H30O2S. The van der Waals surface area contributed by atoms with Gasteiger partial charge in [0.1, 0.15) is 4.93 Å². The van der Waals surface area contributed by atoms with E-state index < -0.39 is 4.93 Å². The minimum absolute atomic E-state index is 0.0790. The molecule has 0 bridgehead atoms. The zero-order valence-electron chi connectivity index (χ0n) is 14.7. The van der Waals surface area contributed by atoms with Crippen LogP contribution in [0.2, 0.25) is 0 Å². The van der Waals surface area contributed by atoms with E-state index in [4.69, 9.17) is 0 Å². The predicted molar refractivity (Wildman–Crippen MR) is 95.2 cm³/mol. The lowest BCUT2D eigenvalue weighted by atomic mass is 9.47. The molecule has 23 heavy (non-hydrogen) atoms. The van der Waals surface area contributed by atoms with Crippen molar-refractivity contribution in [3.63, 3.8) is 0 Å². The first-order valence-electron chi connectivity index (χ1n) is 9.35. The molecule has 3 saturated carbocycles. The summed E-state index contributed by atoms with van der Waals surface area (Å²) in [5, 5.41) is 11.2. The lowest BCUT2D eigenvalue weighted by Gasteiger charge is -2.59. The second kappa shape index (κ2) is 5.11. The molecule has 3 heteroatoms. The van der Waals surface area contributed by atoms with Crippen molar-refractivity contribution in [2.45, 2.75) is 70.1 Å². The number of allylic oxidation sites excluding steroid dienone is 1. The number of hydrogen-bond acceptors (Lipinski definition) is 3. The van der Waals surface area contributed by atoms with E-state index in [1.807, 2.05) is 6.08 Å². The highest BCUT2D eigenvalue weighted by molar-refractivity contribution is 7.99. The van der Waals surface area contributed by atoms with E-state index in [1.54, 1.807) is 11.8 Å². The maximum atomic E-state index is 11.9. The fraction of sp³-hybridized carbons (Fsp3) is 0.850. The van der Waals surface area contributed by atoms with E-state index in [0.29, 0.717) is 11.7 Å². The van der Waals surface area contributed by atoms with Gasteiger partial charge >= 0.3 is 0 Å².